The molecule has 32 heavy (non-hydrogen) atoms. The Morgan fingerprint density at radius 1 is 0.906 bits per heavy atom. The summed E-state index contributed by atoms with van der Waals surface area (Å²) in [6.45, 7) is 6.00. The average molecular weight is 433 g/mol. The number of aromatic nitrogens is 4. The van der Waals surface area contributed by atoms with E-state index in [1.165, 1.54) is 42.5 Å². The topological polar surface area (TPSA) is 59.3 Å². The second-order valence-electron chi connectivity index (χ2n) is 8.95. The number of anilines is 1. The molecule has 0 unspecified atom stereocenters. The highest BCUT2D eigenvalue weighted by atomic mass is 16.5. The Bertz CT molecular complexity index is 1000. The fourth-order valence-electron chi connectivity index (χ4n) is 5.09. The van der Waals surface area contributed by atoms with Gasteiger partial charge in [-0.05, 0) is 60.0 Å². The molecule has 0 spiro atoms. The second-order valence-corrected chi connectivity index (χ2v) is 8.95. The van der Waals surface area contributed by atoms with Crippen molar-refractivity contribution in [2.45, 2.75) is 44.7 Å². The van der Waals surface area contributed by atoms with Crippen molar-refractivity contribution < 1.29 is 4.74 Å². The van der Waals surface area contributed by atoms with Gasteiger partial charge in [0.2, 0.25) is 0 Å². The largest absolute Gasteiger partial charge is 0.497 e. The van der Waals surface area contributed by atoms with Gasteiger partial charge in [-0.1, -0.05) is 42.7 Å². The number of tetrazole rings is 1. The zero-order valence-corrected chi connectivity index (χ0v) is 19.0. The van der Waals surface area contributed by atoms with Gasteiger partial charge in [-0.3, -0.25) is 4.90 Å². The van der Waals surface area contributed by atoms with E-state index in [1.54, 1.807) is 7.11 Å². The van der Waals surface area contributed by atoms with Crippen molar-refractivity contribution in [1.82, 2.24) is 25.1 Å². The van der Waals surface area contributed by atoms with E-state index in [2.05, 4.69) is 73.3 Å². The molecule has 0 N–H and O–H groups in total. The van der Waals surface area contributed by atoms with E-state index in [4.69, 9.17) is 4.74 Å². The van der Waals surface area contributed by atoms with Crippen LogP contribution in [0.2, 0.25) is 0 Å². The summed E-state index contributed by atoms with van der Waals surface area (Å²) < 4.78 is 7.43. The van der Waals surface area contributed by atoms with E-state index in [1.807, 2.05) is 12.1 Å². The highest BCUT2D eigenvalue weighted by molar-refractivity contribution is 5.49. The number of benzene rings is 2. The zero-order valence-electron chi connectivity index (χ0n) is 19.0. The number of hydrogen-bond acceptors (Lipinski definition) is 6. The Balaban J connectivity index is 1.39. The standard InChI is InChI=1S/C25H32N6O/c1-19-7-9-20(10-8-19)24(25-26-27-28-31(25)22-5-3-4-6-22)30-17-15-29(16-18-30)21-11-13-23(32-2)14-12-21/h7-14,22,24H,3-6,15-18H2,1-2H3/t24-/m0/s1. The summed E-state index contributed by atoms with van der Waals surface area (Å²) in [5.74, 6) is 1.88. The van der Waals surface area contributed by atoms with Crippen molar-refractivity contribution in [2.75, 3.05) is 38.2 Å². The summed E-state index contributed by atoms with van der Waals surface area (Å²) in [4.78, 5) is 4.99. The summed E-state index contributed by atoms with van der Waals surface area (Å²) in [5.41, 5.74) is 3.78. The second kappa shape index (κ2) is 9.28. The van der Waals surface area contributed by atoms with Gasteiger partial charge in [0.15, 0.2) is 5.82 Å². The van der Waals surface area contributed by atoms with Crippen LogP contribution in [-0.2, 0) is 0 Å². The SMILES string of the molecule is COc1ccc(N2CCN([C@@H](c3ccc(C)cc3)c3nnnn3C3CCCC3)CC2)cc1. The van der Waals surface area contributed by atoms with Crippen molar-refractivity contribution in [3.63, 3.8) is 0 Å². The van der Waals surface area contributed by atoms with E-state index >= 15 is 0 Å². The van der Waals surface area contributed by atoms with E-state index < -0.39 is 0 Å². The molecule has 1 aliphatic heterocycles. The highest BCUT2D eigenvalue weighted by Crippen LogP contribution is 2.35. The summed E-state index contributed by atoms with van der Waals surface area (Å²) >= 11 is 0. The zero-order chi connectivity index (χ0) is 21.9. The smallest absolute Gasteiger partial charge is 0.173 e. The van der Waals surface area contributed by atoms with E-state index in [0.717, 1.165) is 37.8 Å². The van der Waals surface area contributed by atoms with E-state index in [9.17, 15) is 0 Å². The van der Waals surface area contributed by atoms with Crippen LogP contribution in [0.25, 0.3) is 0 Å². The van der Waals surface area contributed by atoms with Gasteiger partial charge in [0.05, 0.1) is 19.2 Å². The summed E-state index contributed by atoms with van der Waals surface area (Å²) in [6, 6.07) is 17.7. The fraction of sp³-hybridized carbons (Fsp3) is 0.480. The third-order valence-electron chi connectivity index (χ3n) is 6.94. The van der Waals surface area contributed by atoms with Crippen LogP contribution in [0.5, 0.6) is 5.75 Å². The molecule has 2 aromatic carbocycles. The molecule has 2 fully saturated rings. The Hall–Kier alpha value is -2.93. The van der Waals surface area contributed by atoms with Crippen LogP contribution < -0.4 is 9.64 Å². The molecule has 7 nitrogen and oxygen atoms in total. The van der Waals surface area contributed by atoms with Crippen LogP contribution in [0.4, 0.5) is 5.69 Å². The Kier molecular flexibility index (Phi) is 6.08. The predicted octanol–water partition coefficient (Wildman–Crippen LogP) is 4.02. The lowest BCUT2D eigenvalue weighted by Crippen LogP contribution is -2.48. The van der Waals surface area contributed by atoms with Crippen LogP contribution in [0.1, 0.15) is 54.7 Å². The van der Waals surface area contributed by atoms with Crippen molar-refractivity contribution in [1.29, 1.82) is 0 Å². The lowest BCUT2D eigenvalue weighted by atomic mass is 10.0. The Morgan fingerprint density at radius 2 is 1.59 bits per heavy atom. The maximum atomic E-state index is 5.31. The van der Waals surface area contributed by atoms with Crippen LogP contribution >= 0.6 is 0 Å². The molecular formula is C25H32N6O. The minimum Gasteiger partial charge on any atom is -0.497 e. The maximum absolute atomic E-state index is 5.31. The molecule has 1 saturated carbocycles. The van der Waals surface area contributed by atoms with Gasteiger partial charge in [0.25, 0.3) is 0 Å². The quantitative estimate of drug-likeness (QED) is 0.586. The van der Waals surface area contributed by atoms with Gasteiger partial charge >= 0.3 is 0 Å². The first-order valence-corrected chi connectivity index (χ1v) is 11.7. The van der Waals surface area contributed by atoms with E-state index in [0.29, 0.717) is 6.04 Å². The van der Waals surface area contributed by atoms with Crippen LogP contribution in [0.15, 0.2) is 48.5 Å². The molecule has 1 aliphatic carbocycles. The minimum absolute atomic E-state index is 0.0733. The third-order valence-corrected chi connectivity index (χ3v) is 6.94. The molecule has 2 heterocycles. The van der Waals surface area contributed by atoms with Crippen molar-refractivity contribution >= 4 is 5.69 Å². The fourth-order valence-corrected chi connectivity index (χ4v) is 5.09. The van der Waals surface area contributed by atoms with Gasteiger partial charge in [0.1, 0.15) is 5.75 Å². The number of ether oxygens (including phenoxy) is 1. The number of hydrogen-bond donors (Lipinski definition) is 0. The molecule has 1 atom stereocenters. The summed E-state index contributed by atoms with van der Waals surface area (Å²) in [7, 11) is 1.71. The van der Waals surface area contributed by atoms with Crippen molar-refractivity contribution in [2.24, 2.45) is 0 Å². The molecule has 168 valence electrons. The maximum Gasteiger partial charge on any atom is 0.173 e. The monoisotopic (exact) mass is 432 g/mol. The number of nitrogens with zero attached hydrogens (tertiary/aromatic N) is 6. The molecule has 0 bridgehead atoms. The first-order chi connectivity index (χ1) is 15.7. The average Bonchev–Trinajstić information content (AvgIpc) is 3.53. The molecule has 0 radical (unpaired) electrons. The summed E-state index contributed by atoms with van der Waals surface area (Å²) in [6.07, 6.45) is 4.87. The van der Waals surface area contributed by atoms with Gasteiger partial charge in [-0.2, -0.15) is 0 Å². The third kappa shape index (κ3) is 4.21. The first-order valence-electron chi connectivity index (χ1n) is 11.7. The predicted molar refractivity (Wildman–Crippen MR) is 125 cm³/mol. The molecule has 1 saturated heterocycles. The van der Waals surface area contributed by atoms with Crippen molar-refractivity contribution in [3.8, 4) is 5.75 Å². The number of aryl methyl sites for hydroxylation is 1. The molecular weight excluding hydrogens is 400 g/mol. The first kappa shape index (κ1) is 20.9. The molecule has 1 aromatic heterocycles. The Morgan fingerprint density at radius 3 is 2.25 bits per heavy atom. The van der Waals surface area contributed by atoms with Gasteiger partial charge in [0, 0.05) is 31.9 Å². The molecule has 0 amide bonds. The summed E-state index contributed by atoms with van der Waals surface area (Å²) in [5, 5.41) is 13.1. The molecule has 2 aliphatic rings. The Labute approximate surface area is 190 Å². The number of methoxy groups -OCH3 is 1. The van der Waals surface area contributed by atoms with Crippen LogP contribution in [-0.4, -0.2) is 58.4 Å². The molecule has 5 rings (SSSR count). The molecule has 3 aromatic rings. The van der Waals surface area contributed by atoms with Gasteiger partial charge in [-0.25, -0.2) is 4.68 Å². The lowest BCUT2D eigenvalue weighted by molar-refractivity contribution is 0.197. The van der Waals surface area contributed by atoms with Gasteiger partial charge < -0.3 is 9.64 Å². The van der Waals surface area contributed by atoms with E-state index in [-0.39, 0.29) is 6.04 Å². The van der Waals surface area contributed by atoms with Crippen LogP contribution in [0.3, 0.4) is 0 Å². The van der Waals surface area contributed by atoms with Crippen molar-refractivity contribution in [3.05, 3.63) is 65.5 Å². The van der Waals surface area contributed by atoms with Crippen LogP contribution in [0, 0.1) is 6.92 Å². The normalized spacial score (nSPS) is 18.8. The number of rotatable bonds is 6. The number of piperazine rings is 1. The lowest BCUT2D eigenvalue weighted by Gasteiger charge is -2.40. The highest BCUT2D eigenvalue weighted by Gasteiger charge is 2.33. The molecule has 7 heteroatoms. The minimum atomic E-state index is 0.0733. The van der Waals surface area contributed by atoms with Gasteiger partial charge in [-0.15, -0.1) is 5.10 Å².